The lowest BCUT2D eigenvalue weighted by molar-refractivity contribution is -0.144. The molecule has 0 aliphatic carbocycles. The molecule has 0 saturated carbocycles. The van der Waals surface area contributed by atoms with Gasteiger partial charge in [-0.1, -0.05) is 218 Å². The maximum atomic E-state index is 11.6. The fourth-order valence-corrected chi connectivity index (χ4v) is 7.53. The number of thiol groups is 1. The molecular weight excluding hydrogens is 820 g/mol. The molecule has 8 heteroatoms. The van der Waals surface area contributed by atoms with Crippen LogP contribution in [0.1, 0.15) is 248 Å². The van der Waals surface area contributed by atoms with Gasteiger partial charge in [0, 0.05) is 17.7 Å². The monoisotopic (exact) mass is 919 g/mol. The molecule has 63 heavy (non-hydrogen) atoms. The van der Waals surface area contributed by atoms with Crippen LogP contribution in [-0.4, -0.2) is 36.0 Å². The summed E-state index contributed by atoms with van der Waals surface area (Å²) in [7, 11) is 2.33. The Hall–Kier alpha value is -2.24. The number of carbonyl (C=O) groups excluding carboxylic acids is 2. The highest BCUT2D eigenvalue weighted by Gasteiger charge is 2.27. The zero-order valence-corrected chi connectivity index (χ0v) is 44.5. The molecule has 6 nitrogen and oxygen atoms in total. The van der Waals surface area contributed by atoms with Crippen molar-refractivity contribution in [1.82, 2.24) is 0 Å². The van der Waals surface area contributed by atoms with E-state index < -0.39 is 0 Å². The highest BCUT2D eigenvalue weighted by molar-refractivity contribution is 7.80. The SMILES string of the molecule is C.CC(C)(C)c1ccc(OP)c(C(C)(C)C)c1.CCCCCCCCCCCCCCCCCCOC(=O)CCS.CCOC(=O)CCc1cc(C(C)(C)C)c(O)c(C(C)(C)C)c1. The molecule has 0 saturated heterocycles. The normalized spacial score (nSPS) is 11.7. The lowest BCUT2D eigenvalue weighted by Gasteiger charge is -2.28. The first-order valence-electron chi connectivity index (χ1n) is 24.2. The quantitative estimate of drug-likeness (QED) is 0.0472. The van der Waals surface area contributed by atoms with Crippen molar-refractivity contribution in [2.24, 2.45) is 0 Å². The summed E-state index contributed by atoms with van der Waals surface area (Å²) in [6.45, 7) is 30.9. The molecule has 0 aliphatic heterocycles. The Balaban J connectivity index is 0. The van der Waals surface area contributed by atoms with Crippen molar-refractivity contribution in [1.29, 1.82) is 0 Å². The number of rotatable bonds is 24. The summed E-state index contributed by atoms with van der Waals surface area (Å²) < 4.78 is 15.5. The zero-order chi connectivity index (χ0) is 47.4. The minimum Gasteiger partial charge on any atom is -0.507 e. The molecule has 0 fully saturated rings. The number of esters is 2. The molecular formula is C55H99O6PS. The van der Waals surface area contributed by atoms with E-state index in [0.717, 1.165) is 28.9 Å². The van der Waals surface area contributed by atoms with Crippen LogP contribution in [-0.2, 0) is 47.1 Å². The average molecular weight is 919 g/mol. The molecule has 0 aliphatic rings. The first-order valence-corrected chi connectivity index (χ1v) is 25.3. The van der Waals surface area contributed by atoms with Crippen LogP contribution in [0.4, 0.5) is 0 Å². The fourth-order valence-electron chi connectivity index (χ4n) is 7.15. The Kier molecular flexibility index (Phi) is 33.2. The number of benzene rings is 2. The molecule has 1 unspecified atom stereocenters. The zero-order valence-electron chi connectivity index (χ0n) is 42.5. The lowest BCUT2D eigenvalue weighted by Crippen LogP contribution is -2.18. The van der Waals surface area contributed by atoms with Crippen LogP contribution in [0, 0.1) is 0 Å². The standard InChI is InChI=1S/C21H42O2S.C19H30O3.C14H23OP.CH4/c1-2-3-4-5-6-7-8-9-10-11-12-13-14-15-16-17-19-23-21(22)18-20-24;1-8-22-16(20)10-9-13-11-14(18(2,3)4)17(21)15(12-13)19(5,6)7;1-13(2,3)10-7-8-12(15-16)11(9-10)14(4,5)6;/h24H,2-20H2,1H3;11-12,21H,8-10H2,1-7H3;7-9H,16H2,1-6H3;1H4. The Bertz CT molecular complexity index is 1470. The summed E-state index contributed by atoms with van der Waals surface area (Å²) in [5.74, 6) is 1.62. The van der Waals surface area contributed by atoms with Gasteiger partial charge in [-0.3, -0.25) is 9.59 Å². The van der Waals surface area contributed by atoms with Gasteiger partial charge < -0.3 is 19.1 Å². The summed E-state index contributed by atoms with van der Waals surface area (Å²) in [6, 6.07) is 10.5. The van der Waals surface area contributed by atoms with Gasteiger partial charge in [-0.05, 0) is 69.7 Å². The molecule has 0 spiro atoms. The van der Waals surface area contributed by atoms with Crippen LogP contribution in [0.25, 0.3) is 0 Å². The summed E-state index contributed by atoms with van der Waals surface area (Å²) in [5, 5.41) is 10.7. The third-order valence-corrected chi connectivity index (χ3v) is 11.5. The van der Waals surface area contributed by atoms with E-state index in [0.29, 0.717) is 44.0 Å². The minimum atomic E-state index is -0.176. The van der Waals surface area contributed by atoms with Gasteiger partial charge in [0.1, 0.15) is 11.5 Å². The highest BCUT2D eigenvalue weighted by atomic mass is 32.1. The lowest BCUT2D eigenvalue weighted by atomic mass is 9.78. The Morgan fingerprint density at radius 1 is 0.571 bits per heavy atom. The number of aromatic hydroxyl groups is 1. The maximum Gasteiger partial charge on any atom is 0.306 e. The maximum absolute atomic E-state index is 11.6. The predicted octanol–water partition coefficient (Wildman–Crippen LogP) is 16.7. The van der Waals surface area contributed by atoms with Gasteiger partial charge >= 0.3 is 11.9 Å². The topological polar surface area (TPSA) is 82.1 Å². The number of aryl methyl sites for hydroxylation is 1. The first-order chi connectivity index (χ1) is 28.9. The van der Waals surface area contributed by atoms with Crippen LogP contribution in [0.15, 0.2) is 30.3 Å². The summed E-state index contributed by atoms with van der Waals surface area (Å²) in [6.07, 6.45) is 23.3. The fraction of sp³-hybridized carbons (Fsp3) is 0.745. The van der Waals surface area contributed by atoms with Crippen molar-refractivity contribution in [3.8, 4) is 11.5 Å². The second-order valence-corrected chi connectivity index (χ2v) is 21.9. The average Bonchev–Trinajstić information content (AvgIpc) is 3.17. The molecule has 0 heterocycles. The number of hydrogen-bond acceptors (Lipinski definition) is 7. The van der Waals surface area contributed by atoms with E-state index in [-0.39, 0.29) is 41.0 Å². The van der Waals surface area contributed by atoms with Gasteiger partial charge in [-0.15, -0.1) is 0 Å². The number of unbranched alkanes of at least 4 members (excludes halogenated alkanes) is 15. The van der Waals surface area contributed by atoms with E-state index in [1.54, 1.807) is 0 Å². The Labute approximate surface area is 397 Å². The van der Waals surface area contributed by atoms with E-state index in [1.165, 1.54) is 107 Å². The van der Waals surface area contributed by atoms with Crippen molar-refractivity contribution in [2.45, 2.75) is 248 Å². The molecule has 0 aromatic heterocycles. The second kappa shape index (κ2) is 33.3. The molecule has 0 amide bonds. The van der Waals surface area contributed by atoms with Crippen molar-refractivity contribution in [2.75, 3.05) is 19.0 Å². The molecule has 1 atom stereocenters. The van der Waals surface area contributed by atoms with E-state index in [1.807, 2.05) is 19.1 Å². The summed E-state index contributed by atoms with van der Waals surface area (Å²) in [4.78, 5) is 22.7. The van der Waals surface area contributed by atoms with Gasteiger partial charge in [-0.2, -0.15) is 12.6 Å². The van der Waals surface area contributed by atoms with E-state index in [4.69, 9.17) is 14.0 Å². The van der Waals surface area contributed by atoms with E-state index in [9.17, 15) is 14.7 Å². The van der Waals surface area contributed by atoms with E-state index in [2.05, 4.69) is 130 Å². The summed E-state index contributed by atoms with van der Waals surface area (Å²) in [5.41, 5.74) is 5.53. The van der Waals surface area contributed by atoms with Crippen LogP contribution in [0.3, 0.4) is 0 Å². The largest absolute Gasteiger partial charge is 0.507 e. The minimum absolute atomic E-state index is 0. The predicted molar refractivity (Wildman–Crippen MR) is 280 cm³/mol. The van der Waals surface area contributed by atoms with Crippen LogP contribution >= 0.6 is 22.1 Å². The molecule has 2 aromatic rings. The van der Waals surface area contributed by atoms with Gasteiger partial charge in [0.2, 0.25) is 0 Å². The molecule has 366 valence electrons. The molecule has 2 rings (SSSR count). The smallest absolute Gasteiger partial charge is 0.306 e. The highest BCUT2D eigenvalue weighted by Crippen LogP contribution is 2.40. The number of ether oxygens (including phenoxy) is 2. The Morgan fingerprint density at radius 3 is 1.35 bits per heavy atom. The van der Waals surface area contributed by atoms with Gasteiger partial charge in [0.25, 0.3) is 0 Å². The number of carbonyl (C=O) groups is 2. The van der Waals surface area contributed by atoms with Gasteiger partial charge in [0.05, 0.1) is 29.1 Å². The van der Waals surface area contributed by atoms with Crippen LogP contribution < -0.4 is 4.52 Å². The third kappa shape index (κ3) is 29.1. The number of phenols is 1. The van der Waals surface area contributed by atoms with Gasteiger partial charge in [-0.25, -0.2) is 0 Å². The van der Waals surface area contributed by atoms with Crippen LogP contribution in [0.5, 0.6) is 11.5 Å². The molecule has 0 radical (unpaired) electrons. The molecule has 1 N–H and O–H groups in total. The van der Waals surface area contributed by atoms with Gasteiger partial charge in [0.15, 0.2) is 0 Å². The number of phenolic OH excluding ortho intramolecular Hbond substituents is 1. The van der Waals surface area contributed by atoms with Crippen molar-refractivity contribution in [3.05, 3.63) is 58.1 Å². The Morgan fingerprint density at radius 2 is 0.984 bits per heavy atom. The first kappa shape index (κ1) is 62.8. The summed E-state index contributed by atoms with van der Waals surface area (Å²) >= 11 is 4.02. The van der Waals surface area contributed by atoms with Crippen molar-refractivity contribution >= 4 is 34.0 Å². The third-order valence-electron chi connectivity index (χ3n) is 11.1. The molecule has 0 bridgehead atoms. The van der Waals surface area contributed by atoms with Crippen molar-refractivity contribution in [3.63, 3.8) is 0 Å². The molecule has 2 aromatic carbocycles. The number of hydrogen-bond donors (Lipinski definition) is 2. The van der Waals surface area contributed by atoms with Crippen molar-refractivity contribution < 1.29 is 28.7 Å². The second-order valence-electron chi connectivity index (χ2n) is 21.2. The van der Waals surface area contributed by atoms with E-state index >= 15 is 0 Å². The van der Waals surface area contributed by atoms with Crippen LogP contribution in [0.2, 0.25) is 0 Å².